The maximum absolute atomic E-state index is 13.4. The second kappa shape index (κ2) is 7.65. The Morgan fingerprint density at radius 3 is 2.42 bits per heavy atom. The van der Waals surface area contributed by atoms with Crippen molar-refractivity contribution < 1.29 is 14.2 Å². The molecule has 1 N–H and O–H groups in total. The minimum Gasteiger partial charge on any atom is -0.358 e. The van der Waals surface area contributed by atoms with Crippen LogP contribution in [0.3, 0.4) is 0 Å². The summed E-state index contributed by atoms with van der Waals surface area (Å²) in [6, 6.07) is 16.3. The van der Waals surface area contributed by atoms with Gasteiger partial charge in [-0.1, -0.05) is 50.2 Å². The highest BCUT2D eigenvalue weighted by atomic mass is 16.2. The van der Waals surface area contributed by atoms with Crippen LogP contribution in [-0.2, 0) is 15.0 Å². The fourth-order valence-electron chi connectivity index (χ4n) is 5.41. The lowest BCUT2D eigenvalue weighted by Gasteiger charge is -2.27. The molecule has 0 radical (unpaired) electrons. The molecule has 4 heteroatoms. The van der Waals surface area contributed by atoms with E-state index in [1.807, 2.05) is 37.3 Å². The van der Waals surface area contributed by atoms with Gasteiger partial charge in [0.1, 0.15) is 12.5 Å². The summed E-state index contributed by atoms with van der Waals surface area (Å²) in [6.45, 7) is 11.6. The SMILES string of the molecule is Cc1[nH]c2ccccc2c1C1C(=O)C(=CC2=[N+](CCC(C)C)c3ccccc3C2(C)C)C1=O. The summed E-state index contributed by atoms with van der Waals surface area (Å²) in [4.78, 5) is 30.1. The van der Waals surface area contributed by atoms with E-state index >= 15 is 0 Å². The van der Waals surface area contributed by atoms with Crippen LogP contribution in [0.2, 0.25) is 0 Å². The summed E-state index contributed by atoms with van der Waals surface area (Å²) in [5, 5.41) is 0.959. The van der Waals surface area contributed by atoms with Gasteiger partial charge in [0.05, 0.1) is 11.0 Å². The van der Waals surface area contributed by atoms with E-state index in [-0.39, 0.29) is 17.0 Å². The number of carbonyl (C=O) groups excluding carboxylic acids is 2. The van der Waals surface area contributed by atoms with Gasteiger partial charge in [0.15, 0.2) is 17.3 Å². The van der Waals surface area contributed by atoms with Gasteiger partial charge in [0.25, 0.3) is 0 Å². The van der Waals surface area contributed by atoms with Gasteiger partial charge in [-0.2, -0.15) is 4.58 Å². The van der Waals surface area contributed by atoms with Crippen LogP contribution in [0, 0.1) is 12.8 Å². The molecule has 0 bridgehead atoms. The van der Waals surface area contributed by atoms with Crippen molar-refractivity contribution in [3.8, 4) is 0 Å². The smallest absolute Gasteiger partial charge is 0.209 e. The Balaban J connectivity index is 1.57. The predicted octanol–water partition coefficient (Wildman–Crippen LogP) is 5.76. The number of nitrogens with zero attached hydrogens (tertiary/aromatic N) is 1. The Labute approximate surface area is 195 Å². The number of para-hydroxylation sites is 2. The number of aromatic nitrogens is 1. The molecular formula is C29H31N2O2+. The first-order valence-corrected chi connectivity index (χ1v) is 11.8. The minimum atomic E-state index is -0.705. The van der Waals surface area contributed by atoms with Gasteiger partial charge in [-0.3, -0.25) is 9.59 Å². The van der Waals surface area contributed by atoms with Crippen molar-refractivity contribution in [1.29, 1.82) is 0 Å². The number of benzene rings is 2. The van der Waals surface area contributed by atoms with Crippen LogP contribution in [0.15, 0.2) is 60.2 Å². The van der Waals surface area contributed by atoms with Gasteiger partial charge >= 0.3 is 0 Å². The first kappa shape index (κ1) is 21.6. The first-order chi connectivity index (χ1) is 15.7. The molecule has 1 aliphatic heterocycles. The maximum atomic E-state index is 13.4. The van der Waals surface area contributed by atoms with Crippen molar-refractivity contribution in [2.75, 3.05) is 6.54 Å². The van der Waals surface area contributed by atoms with Gasteiger partial charge < -0.3 is 4.98 Å². The fourth-order valence-corrected chi connectivity index (χ4v) is 5.41. The Morgan fingerprint density at radius 2 is 1.70 bits per heavy atom. The highest BCUT2D eigenvalue weighted by Gasteiger charge is 2.50. The second-order valence-corrected chi connectivity index (χ2v) is 10.3. The van der Waals surface area contributed by atoms with Crippen LogP contribution in [0.5, 0.6) is 0 Å². The molecule has 0 atom stereocenters. The molecule has 1 fully saturated rings. The number of carbonyl (C=O) groups is 2. The van der Waals surface area contributed by atoms with Crippen molar-refractivity contribution in [3.05, 3.63) is 77.0 Å². The topological polar surface area (TPSA) is 52.9 Å². The standard InChI is InChI=1S/C29H30N2O2/c1-17(2)14-15-31-23-13-9-7-11-21(23)29(4,5)24(31)16-20-27(32)26(28(20)33)25-18(3)30-22-12-8-6-10-19(22)25/h6-13,16-17,26H,14-15H2,1-5H3/p+1. The Kier molecular flexibility index (Phi) is 5.00. The summed E-state index contributed by atoms with van der Waals surface area (Å²) in [7, 11) is 0. The van der Waals surface area contributed by atoms with Crippen LogP contribution in [0.4, 0.5) is 5.69 Å². The van der Waals surface area contributed by atoms with Gasteiger partial charge in [-0.15, -0.1) is 0 Å². The zero-order valence-corrected chi connectivity index (χ0v) is 20.0. The number of rotatable bonds is 5. The van der Waals surface area contributed by atoms with E-state index in [1.165, 1.54) is 11.3 Å². The molecule has 2 aromatic carbocycles. The van der Waals surface area contributed by atoms with Gasteiger partial charge in [-0.05, 0) is 38.3 Å². The van der Waals surface area contributed by atoms with Gasteiger partial charge in [0.2, 0.25) is 5.69 Å². The van der Waals surface area contributed by atoms with Crippen LogP contribution in [0.1, 0.15) is 56.9 Å². The fraction of sp³-hybridized carbons (Fsp3) is 0.345. The van der Waals surface area contributed by atoms with E-state index in [0.717, 1.165) is 40.8 Å². The number of ketones is 2. The van der Waals surface area contributed by atoms with Crippen LogP contribution in [-0.4, -0.2) is 33.4 Å². The molecule has 3 aromatic rings. The number of aryl methyl sites for hydroxylation is 1. The molecular weight excluding hydrogens is 408 g/mol. The number of hydrogen-bond donors (Lipinski definition) is 1. The lowest BCUT2D eigenvalue weighted by Crippen LogP contribution is -2.41. The number of nitrogens with one attached hydrogen (secondary N) is 1. The molecule has 1 saturated carbocycles. The number of Topliss-reactive ketones (excluding diaryl/α,β-unsaturated/α-hetero) is 2. The van der Waals surface area contributed by atoms with E-state index in [2.05, 4.69) is 61.5 Å². The molecule has 1 aliphatic carbocycles. The highest BCUT2D eigenvalue weighted by molar-refractivity contribution is 6.44. The lowest BCUT2D eigenvalue weighted by molar-refractivity contribution is -0.439. The molecule has 1 aromatic heterocycles. The molecule has 5 rings (SSSR count). The maximum Gasteiger partial charge on any atom is 0.209 e. The predicted molar refractivity (Wildman–Crippen MR) is 133 cm³/mol. The third-order valence-electron chi connectivity index (χ3n) is 7.30. The van der Waals surface area contributed by atoms with E-state index in [0.29, 0.717) is 11.5 Å². The molecule has 33 heavy (non-hydrogen) atoms. The summed E-state index contributed by atoms with van der Waals surface area (Å²) in [5.74, 6) is -0.285. The zero-order chi connectivity index (χ0) is 23.5. The minimum absolute atomic E-state index is 0.0732. The number of H-pyrrole nitrogens is 1. The van der Waals surface area contributed by atoms with Crippen LogP contribution < -0.4 is 0 Å². The number of hydrogen-bond acceptors (Lipinski definition) is 2. The summed E-state index contributed by atoms with van der Waals surface area (Å²) in [5.41, 5.74) is 6.19. The Bertz CT molecular complexity index is 1350. The molecule has 0 spiro atoms. The van der Waals surface area contributed by atoms with Crippen molar-refractivity contribution in [1.82, 2.24) is 4.98 Å². The molecule has 4 nitrogen and oxygen atoms in total. The monoisotopic (exact) mass is 439 g/mol. The quantitative estimate of drug-likeness (QED) is 0.238. The number of allylic oxidation sites excluding steroid dienone is 2. The molecule has 168 valence electrons. The van der Waals surface area contributed by atoms with E-state index in [1.54, 1.807) is 0 Å². The average Bonchev–Trinajstić information content (AvgIpc) is 3.21. The first-order valence-electron chi connectivity index (χ1n) is 11.8. The third-order valence-corrected chi connectivity index (χ3v) is 7.30. The molecule has 0 amide bonds. The Morgan fingerprint density at radius 1 is 1.03 bits per heavy atom. The normalized spacial score (nSPS) is 19.5. The van der Waals surface area contributed by atoms with Crippen LogP contribution in [0.25, 0.3) is 10.9 Å². The molecule has 0 unspecified atom stereocenters. The lowest BCUT2D eigenvalue weighted by atomic mass is 9.70. The molecule has 2 aliphatic rings. The molecule has 2 heterocycles. The van der Waals surface area contributed by atoms with Crippen molar-refractivity contribution in [3.63, 3.8) is 0 Å². The van der Waals surface area contributed by atoms with E-state index in [9.17, 15) is 9.59 Å². The van der Waals surface area contributed by atoms with Gasteiger partial charge in [-0.25, -0.2) is 0 Å². The van der Waals surface area contributed by atoms with E-state index < -0.39 is 5.92 Å². The van der Waals surface area contributed by atoms with Crippen LogP contribution >= 0.6 is 0 Å². The largest absolute Gasteiger partial charge is 0.358 e. The summed E-state index contributed by atoms with van der Waals surface area (Å²) >= 11 is 0. The number of aromatic amines is 1. The second-order valence-electron chi connectivity index (χ2n) is 10.3. The Hall–Kier alpha value is -3.27. The van der Waals surface area contributed by atoms with Gasteiger partial charge in [0, 0.05) is 40.7 Å². The third kappa shape index (κ3) is 3.23. The van der Waals surface area contributed by atoms with Crippen molar-refractivity contribution in [2.45, 2.75) is 52.4 Å². The molecule has 0 saturated heterocycles. The average molecular weight is 440 g/mol. The van der Waals surface area contributed by atoms with E-state index in [4.69, 9.17) is 0 Å². The summed E-state index contributed by atoms with van der Waals surface area (Å²) in [6.07, 6.45) is 2.92. The summed E-state index contributed by atoms with van der Waals surface area (Å²) < 4.78 is 2.31. The van der Waals surface area contributed by atoms with Crippen molar-refractivity contribution >= 4 is 33.9 Å². The number of fused-ring (bicyclic) bond motifs is 2. The zero-order valence-electron chi connectivity index (χ0n) is 20.0. The van der Waals surface area contributed by atoms with Crippen molar-refractivity contribution in [2.24, 2.45) is 5.92 Å². The highest BCUT2D eigenvalue weighted by Crippen LogP contribution is 2.43.